The monoisotopic (exact) mass is 449 g/mol. The lowest BCUT2D eigenvalue weighted by molar-refractivity contribution is -0.113. The van der Waals surface area contributed by atoms with Crippen molar-refractivity contribution in [2.75, 3.05) is 11.1 Å². The normalized spacial score (nSPS) is 11.1. The van der Waals surface area contributed by atoms with Crippen LogP contribution in [-0.2, 0) is 4.79 Å². The number of hydrogen-bond acceptors (Lipinski definition) is 5. The van der Waals surface area contributed by atoms with Crippen LogP contribution in [0.3, 0.4) is 0 Å². The van der Waals surface area contributed by atoms with Crippen LogP contribution in [0.5, 0.6) is 0 Å². The molecule has 1 amide bonds. The lowest BCUT2D eigenvalue weighted by atomic mass is 10.1. The van der Waals surface area contributed by atoms with Gasteiger partial charge in [0.1, 0.15) is 4.70 Å². The standard InChI is InChI=1S/C24H23N3O2S2/c1-14-6-8-18(17(4)11-14)25-21(28)13-31-24-26-19-9-10-30-22(19)23(29)27(24)20-12-15(2)5-7-16(20)3/h5-12H,13H2,1-4H3,(H,25,28). The number of amides is 1. The zero-order valence-electron chi connectivity index (χ0n) is 17.9. The van der Waals surface area contributed by atoms with E-state index in [2.05, 4.69) is 5.32 Å². The molecule has 2 aromatic heterocycles. The number of carbonyl (C=O) groups excluding carboxylic acids is 1. The number of nitrogens with one attached hydrogen (secondary N) is 1. The van der Waals surface area contributed by atoms with Gasteiger partial charge >= 0.3 is 0 Å². The molecular weight excluding hydrogens is 426 g/mol. The lowest BCUT2D eigenvalue weighted by Gasteiger charge is -2.15. The summed E-state index contributed by atoms with van der Waals surface area (Å²) in [4.78, 5) is 30.7. The maximum Gasteiger partial charge on any atom is 0.276 e. The molecule has 5 nitrogen and oxygen atoms in total. The molecule has 0 bridgehead atoms. The van der Waals surface area contributed by atoms with Crippen molar-refractivity contribution in [1.29, 1.82) is 0 Å². The number of carbonyl (C=O) groups is 1. The van der Waals surface area contributed by atoms with E-state index in [1.807, 2.05) is 75.5 Å². The first-order valence-corrected chi connectivity index (χ1v) is 11.8. The summed E-state index contributed by atoms with van der Waals surface area (Å²) in [5.41, 5.74) is 6.35. The molecule has 158 valence electrons. The van der Waals surface area contributed by atoms with Crippen LogP contribution in [0.2, 0.25) is 0 Å². The van der Waals surface area contributed by atoms with E-state index >= 15 is 0 Å². The van der Waals surface area contributed by atoms with Gasteiger partial charge in [-0.05, 0) is 68.0 Å². The van der Waals surface area contributed by atoms with Crippen molar-refractivity contribution >= 4 is 44.9 Å². The smallest absolute Gasteiger partial charge is 0.276 e. The molecule has 31 heavy (non-hydrogen) atoms. The van der Waals surface area contributed by atoms with Gasteiger partial charge in [0.15, 0.2) is 5.16 Å². The van der Waals surface area contributed by atoms with Crippen LogP contribution < -0.4 is 10.9 Å². The predicted molar refractivity (Wildman–Crippen MR) is 130 cm³/mol. The van der Waals surface area contributed by atoms with Gasteiger partial charge in [-0.15, -0.1) is 11.3 Å². The number of fused-ring (bicyclic) bond motifs is 1. The van der Waals surface area contributed by atoms with Crippen LogP contribution >= 0.6 is 23.1 Å². The number of hydrogen-bond donors (Lipinski definition) is 1. The highest BCUT2D eigenvalue weighted by Gasteiger charge is 2.17. The van der Waals surface area contributed by atoms with Crippen molar-refractivity contribution in [3.8, 4) is 5.69 Å². The van der Waals surface area contributed by atoms with Crippen LogP contribution in [0.1, 0.15) is 22.3 Å². The molecule has 0 saturated carbocycles. The van der Waals surface area contributed by atoms with Gasteiger partial charge in [0.05, 0.1) is 17.0 Å². The minimum Gasteiger partial charge on any atom is -0.325 e. The zero-order valence-corrected chi connectivity index (χ0v) is 19.5. The van der Waals surface area contributed by atoms with Gasteiger partial charge in [0.2, 0.25) is 5.91 Å². The van der Waals surface area contributed by atoms with Crippen molar-refractivity contribution < 1.29 is 4.79 Å². The zero-order chi connectivity index (χ0) is 22.1. The van der Waals surface area contributed by atoms with E-state index in [9.17, 15) is 9.59 Å². The van der Waals surface area contributed by atoms with E-state index in [1.165, 1.54) is 23.1 Å². The van der Waals surface area contributed by atoms with Gasteiger partial charge in [-0.25, -0.2) is 4.98 Å². The Bertz CT molecular complexity index is 1350. The first kappa shape index (κ1) is 21.3. The molecule has 0 fully saturated rings. The lowest BCUT2D eigenvalue weighted by Crippen LogP contribution is -2.23. The Kier molecular flexibility index (Phi) is 5.98. The quantitative estimate of drug-likeness (QED) is 0.327. The third-order valence-corrected chi connectivity index (χ3v) is 6.87. The fourth-order valence-corrected chi connectivity index (χ4v) is 5.00. The van der Waals surface area contributed by atoms with Crippen molar-refractivity contribution in [2.24, 2.45) is 0 Å². The summed E-state index contributed by atoms with van der Waals surface area (Å²) in [6.45, 7) is 7.96. The first-order valence-electron chi connectivity index (χ1n) is 9.91. The summed E-state index contributed by atoms with van der Waals surface area (Å²) in [5, 5.41) is 5.34. The second-order valence-electron chi connectivity index (χ2n) is 7.62. The van der Waals surface area contributed by atoms with E-state index in [1.54, 1.807) is 4.57 Å². The van der Waals surface area contributed by atoms with E-state index in [0.29, 0.717) is 15.4 Å². The molecule has 0 saturated heterocycles. The SMILES string of the molecule is Cc1ccc(NC(=O)CSc2nc3ccsc3c(=O)n2-c2cc(C)ccc2C)c(C)c1. The number of benzene rings is 2. The molecule has 0 spiro atoms. The first-order chi connectivity index (χ1) is 14.8. The van der Waals surface area contributed by atoms with E-state index in [4.69, 9.17) is 4.98 Å². The van der Waals surface area contributed by atoms with E-state index in [-0.39, 0.29) is 17.2 Å². The minimum absolute atomic E-state index is 0.106. The van der Waals surface area contributed by atoms with E-state index < -0.39 is 0 Å². The number of rotatable bonds is 5. The Balaban J connectivity index is 1.67. The Hall–Kier alpha value is -2.90. The predicted octanol–water partition coefficient (Wildman–Crippen LogP) is 5.41. The van der Waals surface area contributed by atoms with Gasteiger partial charge in [-0.3, -0.25) is 14.2 Å². The molecule has 4 rings (SSSR count). The summed E-state index contributed by atoms with van der Waals surface area (Å²) in [7, 11) is 0. The van der Waals surface area contributed by atoms with Gasteiger partial charge in [-0.2, -0.15) is 0 Å². The summed E-state index contributed by atoms with van der Waals surface area (Å²) >= 11 is 2.66. The van der Waals surface area contributed by atoms with Crippen molar-refractivity contribution in [2.45, 2.75) is 32.9 Å². The number of aromatic nitrogens is 2. The van der Waals surface area contributed by atoms with Gasteiger partial charge < -0.3 is 5.32 Å². The summed E-state index contributed by atoms with van der Waals surface area (Å²) in [5.74, 6) is 0.0180. The third kappa shape index (κ3) is 4.43. The van der Waals surface area contributed by atoms with Gasteiger partial charge in [0, 0.05) is 5.69 Å². The van der Waals surface area contributed by atoms with Crippen molar-refractivity contribution in [1.82, 2.24) is 9.55 Å². The van der Waals surface area contributed by atoms with Gasteiger partial charge in [-0.1, -0.05) is 41.6 Å². The highest BCUT2D eigenvalue weighted by Crippen LogP contribution is 2.26. The molecular formula is C24H23N3O2S2. The van der Waals surface area contributed by atoms with Crippen molar-refractivity contribution in [3.05, 3.63) is 80.5 Å². The Morgan fingerprint density at radius 1 is 1.03 bits per heavy atom. The number of anilines is 1. The molecule has 0 aliphatic heterocycles. The molecule has 4 aromatic rings. The van der Waals surface area contributed by atoms with Crippen molar-refractivity contribution in [3.63, 3.8) is 0 Å². The Morgan fingerprint density at radius 2 is 1.77 bits per heavy atom. The average Bonchev–Trinajstić information content (AvgIpc) is 3.20. The van der Waals surface area contributed by atoms with Crippen LogP contribution in [0.15, 0.2) is 57.8 Å². The fraction of sp³-hybridized carbons (Fsp3) is 0.208. The number of thiophene rings is 1. The second-order valence-corrected chi connectivity index (χ2v) is 9.47. The maximum absolute atomic E-state index is 13.3. The number of aryl methyl sites for hydroxylation is 4. The number of nitrogens with zero attached hydrogens (tertiary/aromatic N) is 2. The average molecular weight is 450 g/mol. The molecule has 0 unspecified atom stereocenters. The molecule has 2 aromatic carbocycles. The topological polar surface area (TPSA) is 64.0 Å². The largest absolute Gasteiger partial charge is 0.325 e. The second kappa shape index (κ2) is 8.69. The molecule has 0 atom stereocenters. The fourth-order valence-electron chi connectivity index (χ4n) is 3.43. The molecule has 0 radical (unpaired) electrons. The highest BCUT2D eigenvalue weighted by atomic mass is 32.2. The summed E-state index contributed by atoms with van der Waals surface area (Å²) in [6.07, 6.45) is 0. The highest BCUT2D eigenvalue weighted by molar-refractivity contribution is 7.99. The number of thioether (sulfide) groups is 1. The molecule has 0 aliphatic rings. The minimum atomic E-state index is -0.135. The summed E-state index contributed by atoms with van der Waals surface area (Å²) < 4.78 is 2.25. The molecule has 7 heteroatoms. The van der Waals surface area contributed by atoms with Crippen LogP contribution in [0.4, 0.5) is 5.69 Å². The Morgan fingerprint density at radius 3 is 2.55 bits per heavy atom. The summed E-state index contributed by atoms with van der Waals surface area (Å²) in [6, 6.07) is 13.8. The molecule has 0 aliphatic carbocycles. The Labute approximate surface area is 189 Å². The molecule has 1 N–H and O–H groups in total. The van der Waals surface area contributed by atoms with Gasteiger partial charge in [0.25, 0.3) is 5.56 Å². The maximum atomic E-state index is 13.3. The molecule has 2 heterocycles. The van der Waals surface area contributed by atoms with E-state index in [0.717, 1.165) is 33.6 Å². The third-order valence-electron chi connectivity index (χ3n) is 5.04. The van der Waals surface area contributed by atoms with Crippen LogP contribution in [0, 0.1) is 27.7 Å². The van der Waals surface area contributed by atoms with Crippen LogP contribution in [0.25, 0.3) is 15.9 Å². The van der Waals surface area contributed by atoms with Crippen LogP contribution in [-0.4, -0.2) is 21.2 Å².